The standard InChI is InChI=1S/C13H23N3O/c1-4-8-16-10-12(9-15-16)13(17)6-5-7-14-11(2)3/h9-11,14H,4-8H2,1-3H3. The van der Waals surface area contributed by atoms with Gasteiger partial charge in [0.05, 0.1) is 11.8 Å². The number of hydrogen-bond acceptors (Lipinski definition) is 3. The summed E-state index contributed by atoms with van der Waals surface area (Å²) in [4.78, 5) is 11.8. The van der Waals surface area contributed by atoms with Crippen LogP contribution in [0.15, 0.2) is 12.4 Å². The fourth-order valence-corrected chi connectivity index (χ4v) is 1.64. The van der Waals surface area contributed by atoms with E-state index < -0.39 is 0 Å². The maximum atomic E-state index is 11.8. The topological polar surface area (TPSA) is 46.9 Å². The molecule has 1 rings (SSSR count). The molecule has 0 spiro atoms. The van der Waals surface area contributed by atoms with Crippen LogP contribution in [0.3, 0.4) is 0 Å². The Hall–Kier alpha value is -1.16. The summed E-state index contributed by atoms with van der Waals surface area (Å²) < 4.78 is 1.83. The van der Waals surface area contributed by atoms with Crippen molar-refractivity contribution in [1.82, 2.24) is 15.1 Å². The van der Waals surface area contributed by atoms with Gasteiger partial charge in [-0.3, -0.25) is 9.48 Å². The third-order valence-corrected chi connectivity index (χ3v) is 2.54. The molecule has 4 nitrogen and oxygen atoms in total. The summed E-state index contributed by atoms with van der Waals surface area (Å²) in [5, 5.41) is 7.47. The molecule has 0 aliphatic carbocycles. The highest BCUT2D eigenvalue weighted by molar-refractivity contribution is 5.95. The van der Waals surface area contributed by atoms with E-state index in [9.17, 15) is 4.79 Å². The lowest BCUT2D eigenvalue weighted by Gasteiger charge is -2.06. The molecule has 0 atom stereocenters. The predicted molar refractivity (Wildman–Crippen MR) is 69.2 cm³/mol. The Bertz CT molecular complexity index is 344. The van der Waals surface area contributed by atoms with Crippen molar-refractivity contribution in [2.24, 2.45) is 0 Å². The monoisotopic (exact) mass is 237 g/mol. The molecule has 17 heavy (non-hydrogen) atoms. The number of carbonyl (C=O) groups excluding carboxylic acids is 1. The van der Waals surface area contributed by atoms with E-state index in [-0.39, 0.29) is 5.78 Å². The molecule has 1 N–H and O–H groups in total. The molecule has 0 amide bonds. The molecule has 0 aliphatic heterocycles. The summed E-state index contributed by atoms with van der Waals surface area (Å²) in [6, 6.07) is 0.484. The predicted octanol–water partition coefficient (Wildman–Crippen LogP) is 2.25. The molecule has 0 aliphatic rings. The summed E-state index contributed by atoms with van der Waals surface area (Å²) in [6.07, 6.45) is 6.04. The molecule has 1 aromatic heterocycles. The first-order valence-electron chi connectivity index (χ1n) is 6.42. The summed E-state index contributed by atoms with van der Waals surface area (Å²) >= 11 is 0. The summed E-state index contributed by atoms with van der Waals surface area (Å²) in [5.74, 6) is 0.193. The number of hydrogen-bond donors (Lipinski definition) is 1. The minimum Gasteiger partial charge on any atom is -0.315 e. The van der Waals surface area contributed by atoms with Gasteiger partial charge in [0.2, 0.25) is 0 Å². The van der Waals surface area contributed by atoms with Crippen LogP contribution in [0.4, 0.5) is 0 Å². The van der Waals surface area contributed by atoms with Gasteiger partial charge in [-0.1, -0.05) is 20.8 Å². The van der Waals surface area contributed by atoms with Crippen LogP contribution >= 0.6 is 0 Å². The Morgan fingerprint density at radius 2 is 2.29 bits per heavy atom. The molecule has 0 saturated heterocycles. The van der Waals surface area contributed by atoms with Crippen LogP contribution in [-0.4, -0.2) is 28.2 Å². The molecular formula is C13H23N3O. The van der Waals surface area contributed by atoms with E-state index in [0.29, 0.717) is 12.5 Å². The van der Waals surface area contributed by atoms with Gasteiger partial charge in [-0.25, -0.2) is 0 Å². The van der Waals surface area contributed by atoms with Crippen molar-refractivity contribution in [3.63, 3.8) is 0 Å². The number of nitrogens with one attached hydrogen (secondary N) is 1. The molecule has 0 unspecified atom stereocenters. The average molecular weight is 237 g/mol. The average Bonchev–Trinajstić information content (AvgIpc) is 2.73. The molecule has 0 saturated carbocycles. The number of aryl methyl sites for hydroxylation is 1. The maximum absolute atomic E-state index is 11.8. The minimum absolute atomic E-state index is 0.193. The van der Waals surface area contributed by atoms with E-state index in [0.717, 1.165) is 31.5 Å². The lowest BCUT2D eigenvalue weighted by molar-refractivity contribution is 0.0979. The highest BCUT2D eigenvalue weighted by Gasteiger charge is 2.08. The second kappa shape index (κ2) is 7.22. The maximum Gasteiger partial charge on any atom is 0.166 e. The number of Topliss-reactive ketones (excluding diaryl/α,β-unsaturated/α-hetero) is 1. The van der Waals surface area contributed by atoms with Gasteiger partial charge < -0.3 is 5.32 Å². The van der Waals surface area contributed by atoms with Crippen LogP contribution in [0.1, 0.15) is 50.4 Å². The lowest BCUT2D eigenvalue weighted by atomic mass is 10.1. The largest absolute Gasteiger partial charge is 0.315 e. The van der Waals surface area contributed by atoms with Crippen molar-refractivity contribution in [2.45, 2.75) is 52.6 Å². The quantitative estimate of drug-likeness (QED) is 0.557. The van der Waals surface area contributed by atoms with E-state index in [4.69, 9.17) is 0 Å². The Morgan fingerprint density at radius 1 is 1.53 bits per heavy atom. The second-order valence-corrected chi connectivity index (χ2v) is 4.63. The fraction of sp³-hybridized carbons (Fsp3) is 0.692. The van der Waals surface area contributed by atoms with Gasteiger partial charge in [-0.15, -0.1) is 0 Å². The third-order valence-electron chi connectivity index (χ3n) is 2.54. The summed E-state index contributed by atoms with van der Waals surface area (Å²) in [5.41, 5.74) is 0.739. The zero-order valence-corrected chi connectivity index (χ0v) is 11.1. The first-order valence-corrected chi connectivity index (χ1v) is 6.42. The van der Waals surface area contributed by atoms with Crippen LogP contribution in [0, 0.1) is 0 Å². The van der Waals surface area contributed by atoms with Crippen molar-refractivity contribution in [2.75, 3.05) is 6.54 Å². The van der Waals surface area contributed by atoms with E-state index in [1.807, 2.05) is 10.9 Å². The normalized spacial score (nSPS) is 11.1. The van der Waals surface area contributed by atoms with Gasteiger partial charge in [0.1, 0.15) is 0 Å². The Balaban J connectivity index is 2.31. The molecule has 4 heteroatoms. The molecule has 1 aromatic rings. The lowest BCUT2D eigenvalue weighted by Crippen LogP contribution is -2.24. The van der Waals surface area contributed by atoms with E-state index in [1.165, 1.54) is 0 Å². The Morgan fingerprint density at radius 3 is 2.94 bits per heavy atom. The van der Waals surface area contributed by atoms with Crippen molar-refractivity contribution in [1.29, 1.82) is 0 Å². The van der Waals surface area contributed by atoms with Crippen molar-refractivity contribution >= 4 is 5.78 Å². The number of ketones is 1. The van der Waals surface area contributed by atoms with Gasteiger partial charge in [-0.05, 0) is 19.4 Å². The van der Waals surface area contributed by atoms with Crippen LogP contribution < -0.4 is 5.32 Å². The van der Waals surface area contributed by atoms with Crippen molar-refractivity contribution in [3.05, 3.63) is 18.0 Å². The highest BCUT2D eigenvalue weighted by atomic mass is 16.1. The molecule has 0 radical (unpaired) electrons. The zero-order valence-electron chi connectivity index (χ0n) is 11.1. The van der Waals surface area contributed by atoms with Crippen LogP contribution in [0.2, 0.25) is 0 Å². The Kier molecular flexibility index (Phi) is 5.91. The zero-order chi connectivity index (χ0) is 12.7. The number of aromatic nitrogens is 2. The van der Waals surface area contributed by atoms with E-state index in [1.54, 1.807) is 6.20 Å². The van der Waals surface area contributed by atoms with Crippen LogP contribution in [0.5, 0.6) is 0 Å². The summed E-state index contributed by atoms with van der Waals surface area (Å²) in [6.45, 7) is 8.09. The molecule has 0 fully saturated rings. The highest BCUT2D eigenvalue weighted by Crippen LogP contribution is 2.04. The van der Waals surface area contributed by atoms with Crippen LogP contribution in [-0.2, 0) is 6.54 Å². The molecular weight excluding hydrogens is 214 g/mol. The molecule has 1 heterocycles. The van der Waals surface area contributed by atoms with Gasteiger partial charge in [0.25, 0.3) is 0 Å². The number of rotatable bonds is 8. The van der Waals surface area contributed by atoms with E-state index in [2.05, 4.69) is 31.2 Å². The molecule has 0 bridgehead atoms. The first-order chi connectivity index (χ1) is 8.13. The number of nitrogens with zero attached hydrogens (tertiary/aromatic N) is 2. The van der Waals surface area contributed by atoms with Crippen molar-refractivity contribution < 1.29 is 4.79 Å². The van der Waals surface area contributed by atoms with Gasteiger partial charge in [-0.2, -0.15) is 5.10 Å². The second-order valence-electron chi connectivity index (χ2n) is 4.63. The smallest absolute Gasteiger partial charge is 0.166 e. The van der Waals surface area contributed by atoms with Gasteiger partial charge in [0.15, 0.2) is 5.78 Å². The first kappa shape index (κ1) is 13.9. The minimum atomic E-state index is 0.193. The molecule has 96 valence electrons. The molecule has 0 aromatic carbocycles. The Labute approximate surface area is 103 Å². The summed E-state index contributed by atoms with van der Waals surface area (Å²) in [7, 11) is 0. The fourth-order valence-electron chi connectivity index (χ4n) is 1.64. The van der Waals surface area contributed by atoms with Gasteiger partial charge in [0, 0.05) is 25.2 Å². The van der Waals surface area contributed by atoms with Gasteiger partial charge >= 0.3 is 0 Å². The number of carbonyl (C=O) groups is 1. The SMILES string of the molecule is CCCn1cc(C(=O)CCCNC(C)C)cn1. The van der Waals surface area contributed by atoms with E-state index >= 15 is 0 Å². The van der Waals surface area contributed by atoms with Crippen molar-refractivity contribution in [3.8, 4) is 0 Å². The third kappa shape index (κ3) is 5.13. The van der Waals surface area contributed by atoms with Crippen LogP contribution in [0.25, 0.3) is 0 Å².